The first-order valence-corrected chi connectivity index (χ1v) is 26.6. The van der Waals surface area contributed by atoms with Gasteiger partial charge in [0.1, 0.15) is 22.4 Å². The molecule has 0 saturated heterocycles. The summed E-state index contributed by atoms with van der Waals surface area (Å²) in [5.74, 6) is -1.01. The van der Waals surface area contributed by atoms with Crippen molar-refractivity contribution in [3.63, 3.8) is 0 Å². The molecule has 0 radical (unpaired) electrons. The van der Waals surface area contributed by atoms with Crippen molar-refractivity contribution in [1.82, 2.24) is 0 Å². The Morgan fingerprint density at radius 1 is 0.230 bits per heavy atom. The molecule has 0 bridgehead atoms. The van der Waals surface area contributed by atoms with Crippen molar-refractivity contribution in [3.8, 4) is 0 Å². The lowest BCUT2D eigenvalue weighted by Crippen LogP contribution is -2.57. The van der Waals surface area contributed by atoms with Crippen LogP contribution < -0.4 is 0 Å². The van der Waals surface area contributed by atoms with E-state index in [1.165, 1.54) is 34.1 Å². The second-order valence-corrected chi connectivity index (χ2v) is 22.7. The first-order chi connectivity index (χ1) is 31.6. The number of rotatable bonds is 20. The fourth-order valence-corrected chi connectivity index (χ4v) is 9.09. The summed E-state index contributed by atoms with van der Waals surface area (Å²) in [6.45, 7) is 66.5. The molecule has 0 amide bonds. The average Bonchev–Trinajstić information content (AvgIpc) is 3.25. The Morgan fingerprint density at radius 3 is 0.356 bits per heavy atom. The zero-order chi connectivity index (χ0) is 59.5. The van der Waals surface area contributed by atoms with E-state index >= 15 is 0 Å². The number of hydrogen-bond donors (Lipinski definition) is 0. The predicted octanol–water partition coefficient (Wildman–Crippen LogP) is 26.3. The minimum atomic E-state index is -0.562. The van der Waals surface area contributed by atoms with Crippen LogP contribution in [0.2, 0.25) is 0 Å². The SMILES string of the molecule is C.C.C.C.C.C.C.C.C.C.C.C.C.C.C.C.CC.CC.CCC.CCC(C)(C(C)(C)OC)C(C)(C)OC(C)=O.CCC(C)(C(C)(C)OC)C(C)(C)OC(C)=O.CCC(C)(C(C)(C)OC)C(C)(C)OC(C)=O.CCC(C)(C(C)(C)OC)C(C)(C)OC(C)=O. The maximum absolute atomic E-state index is 11.2. The summed E-state index contributed by atoms with van der Waals surface area (Å²) in [5, 5.41) is 0. The smallest absolute Gasteiger partial charge is 0.303 e. The number of methoxy groups -OCH3 is 4. The summed E-state index contributed by atoms with van der Waals surface area (Å²) < 4.78 is 44.1. The molecule has 0 aromatic heterocycles. The molecule has 560 valence electrons. The fourth-order valence-electron chi connectivity index (χ4n) is 9.09. The summed E-state index contributed by atoms with van der Waals surface area (Å²) in [6, 6.07) is 0. The number of carbonyl (C=O) groups is 4. The molecule has 0 aliphatic rings. The van der Waals surface area contributed by atoms with Crippen molar-refractivity contribution in [2.75, 3.05) is 28.4 Å². The molecule has 4 atom stereocenters. The Morgan fingerprint density at radius 2 is 0.310 bits per heavy atom. The monoisotopic (exact) mass is 1280 g/mol. The molecule has 0 aliphatic carbocycles. The lowest BCUT2D eigenvalue weighted by Gasteiger charge is -2.51. The van der Waals surface area contributed by atoms with Crippen LogP contribution in [0.15, 0.2) is 0 Å². The van der Waals surface area contributed by atoms with Crippen molar-refractivity contribution in [3.05, 3.63) is 0 Å². The molecule has 0 spiro atoms. The maximum atomic E-state index is 11.2. The molecule has 12 heteroatoms. The summed E-state index contributed by atoms with van der Waals surface area (Å²) >= 11 is 0. The van der Waals surface area contributed by atoms with Gasteiger partial charge in [0.2, 0.25) is 0 Å². The quantitative estimate of drug-likeness (QED) is 0.0846. The van der Waals surface area contributed by atoms with E-state index in [4.69, 9.17) is 37.9 Å². The van der Waals surface area contributed by atoms with Crippen LogP contribution in [0, 0.1) is 21.7 Å². The highest BCUT2D eigenvalue weighted by Gasteiger charge is 2.56. The summed E-state index contributed by atoms with van der Waals surface area (Å²) in [7, 11) is 6.77. The Balaban J connectivity index is -0.0000000272. The van der Waals surface area contributed by atoms with E-state index in [0.29, 0.717) is 0 Å². The molecule has 0 aliphatic heterocycles. The maximum Gasteiger partial charge on any atom is 0.303 e. The van der Waals surface area contributed by atoms with Crippen LogP contribution in [-0.2, 0) is 57.1 Å². The second-order valence-electron chi connectivity index (χ2n) is 22.7. The molecule has 4 unspecified atom stereocenters. The molecular weight excluding hydrogens is 1090 g/mol. The topological polar surface area (TPSA) is 142 Å². The third-order valence-corrected chi connectivity index (χ3v) is 17.1. The van der Waals surface area contributed by atoms with E-state index in [-0.39, 0.29) is 187 Å². The molecule has 12 nitrogen and oxygen atoms in total. The van der Waals surface area contributed by atoms with Crippen LogP contribution in [0.3, 0.4) is 0 Å². The van der Waals surface area contributed by atoms with E-state index in [2.05, 4.69) is 69.2 Å². The molecule has 87 heavy (non-hydrogen) atoms. The molecule has 0 aromatic rings. The first-order valence-electron chi connectivity index (χ1n) is 26.6. The average molecular weight is 1280 g/mol. The number of hydrogen-bond acceptors (Lipinski definition) is 12. The highest BCUT2D eigenvalue weighted by Crippen LogP contribution is 2.51. The van der Waals surface area contributed by atoms with Crippen LogP contribution >= 0.6 is 0 Å². The van der Waals surface area contributed by atoms with Crippen molar-refractivity contribution in [2.45, 2.75) is 431 Å². The van der Waals surface area contributed by atoms with Gasteiger partial charge in [0.25, 0.3) is 0 Å². The Hall–Kier alpha value is -2.28. The fraction of sp³-hybridized carbons (Fsp3) is 0.947. The largest absolute Gasteiger partial charge is 0.459 e. The molecule has 0 heterocycles. The van der Waals surface area contributed by atoms with Gasteiger partial charge in [0.15, 0.2) is 0 Å². The molecule has 0 saturated carbocycles. The van der Waals surface area contributed by atoms with E-state index in [9.17, 15) is 19.2 Å². The zero-order valence-corrected chi connectivity index (χ0v) is 54.4. The van der Waals surface area contributed by atoms with Gasteiger partial charge in [0, 0.05) is 77.8 Å². The zero-order valence-electron chi connectivity index (χ0n) is 54.4. The van der Waals surface area contributed by atoms with Crippen molar-refractivity contribution in [1.29, 1.82) is 0 Å². The number of esters is 4. The van der Waals surface area contributed by atoms with Gasteiger partial charge in [-0.05, 0) is 136 Å². The van der Waals surface area contributed by atoms with E-state index < -0.39 is 22.4 Å². The van der Waals surface area contributed by atoms with Gasteiger partial charge in [-0.15, -0.1) is 0 Å². The number of ether oxygens (including phenoxy) is 8. The molecule has 0 rings (SSSR count). The van der Waals surface area contributed by atoms with Crippen LogP contribution in [0.25, 0.3) is 0 Å². The van der Waals surface area contributed by atoms with Gasteiger partial charge in [-0.2, -0.15) is 0 Å². The highest BCUT2D eigenvalue weighted by atomic mass is 16.6. The molecular formula is C75H188O12. The second kappa shape index (κ2) is 63.9. The normalized spacial score (nSPS) is 12.7. The lowest BCUT2D eigenvalue weighted by molar-refractivity contribution is -0.202. The van der Waals surface area contributed by atoms with Gasteiger partial charge >= 0.3 is 23.9 Å². The first kappa shape index (κ1) is 156. The van der Waals surface area contributed by atoms with Crippen molar-refractivity contribution in [2.24, 2.45) is 21.7 Å². The van der Waals surface area contributed by atoms with Crippen LogP contribution in [-0.4, -0.2) is 97.1 Å². The minimum absolute atomic E-state index is 0. The third-order valence-electron chi connectivity index (χ3n) is 17.1. The van der Waals surface area contributed by atoms with Gasteiger partial charge in [-0.3, -0.25) is 19.2 Å². The van der Waals surface area contributed by atoms with E-state index in [1.807, 2.05) is 138 Å². The molecule has 0 aromatic carbocycles. The van der Waals surface area contributed by atoms with Crippen molar-refractivity contribution < 1.29 is 57.1 Å². The predicted molar refractivity (Wildman–Crippen MR) is 408 cm³/mol. The van der Waals surface area contributed by atoms with E-state index in [0.717, 1.165) is 25.7 Å². The standard InChI is InChI=1S/4C13H26O3.C3H8.2C2H6.16CH4/c4*1-9-13(7,11(3,4)15-8)12(5,6)16-10(2)14;1-3-2;2*1-2;;;;;;;;;;;;;;;;/h4*9H2,1-8H3;3H2,1-2H3;2*1-2H3;16*1H4. The summed E-state index contributed by atoms with van der Waals surface area (Å²) in [6.07, 6.45) is 4.73. The van der Waals surface area contributed by atoms with Crippen molar-refractivity contribution >= 4 is 23.9 Å². The van der Waals surface area contributed by atoms with Crippen LogP contribution in [0.4, 0.5) is 0 Å². The lowest BCUT2D eigenvalue weighted by atomic mass is 9.63. The molecule has 0 N–H and O–H groups in total. The Labute approximate surface area is 559 Å². The van der Waals surface area contributed by atoms with Gasteiger partial charge in [-0.1, -0.05) is 222 Å². The van der Waals surface area contributed by atoms with Gasteiger partial charge in [-0.25, -0.2) is 0 Å². The summed E-state index contributed by atoms with van der Waals surface area (Å²) in [4.78, 5) is 44.7. The highest BCUT2D eigenvalue weighted by molar-refractivity contribution is 5.67. The minimum Gasteiger partial charge on any atom is -0.459 e. The third kappa shape index (κ3) is 43.2. The van der Waals surface area contributed by atoms with Crippen LogP contribution in [0.5, 0.6) is 0 Å². The van der Waals surface area contributed by atoms with Crippen LogP contribution in [0.1, 0.15) is 386 Å². The Kier molecular flexibility index (Phi) is 114. The Bertz CT molecular complexity index is 1260. The summed E-state index contributed by atoms with van der Waals surface area (Å²) in [5.41, 5.74) is -4.69. The number of carbonyl (C=O) groups excluding carboxylic acids is 4. The van der Waals surface area contributed by atoms with Gasteiger partial charge < -0.3 is 37.9 Å². The van der Waals surface area contributed by atoms with E-state index in [1.54, 1.807) is 28.4 Å². The molecule has 0 fully saturated rings. The van der Waals surface area contributed by atoms with Gasteiger partial charge in [0.05, 0.1) is 22.4 Å².